The molecule has 0 radical (unpaired) electrons. The maximum absolute atomic E-state index is 9.06. The molecule has 0 unspecified atom stereocenters. The van der Waals surface area contributed by atoms with E-state index >= 15 is 0 Å². The molecule has 0 aromatic carbocycles. The van der Waals surface area contributed by atoms with Gasteiger partial charge >= 0.3 is 0 Å². The van der Waals surface area contributed by atoms with Crippen molar-refractivity contribution in [3.05, 3.63) is 23.5 Å². The van der Waals surface area contributed by atoms with Crippen LogP contribution in [0, 0.1) is 13.8 Å². The Bertz CT molecular complexity index is 234. The molecule has 68 valence electrons. The Morgan fingerprint density at radius 1 is 1.42 bits per heavy atom. The minimum absolute atomic E-state index is 0.314. The fourth-order valence-electron chi connectivity index (χ4n) is 1.14. The average molecular weight is 168 g/mol. The Morgan fingerprint density at radius 2 is 1.92 bits per heavy atom. The molecule has 0 amide bonds. The Balaban J connectivity index is 2.62. The van der Waals surface area contributed by atoms with Crippen molar-refractivity contribution in [2.45, 2.75) is 26.9 Å². The fraction of sp³-hybridized carbons (Fsp3) is 0.556. The number of nitrogens with zero attached hydrogens (tertiary/aromatic N) is 1. The van der Waals surface area contributed by atoms with Gasteiger partial charge in [-0.05, 0) is 32.9 Å². The quantitative estimate of drug-likeness (QED) is 0.707. The second kappa shape index (κ2) is 3.63. The molecule has 1 aromatic rings. The lowest BCUT2D eigenvalue weighted by Gasteiger charge is -2.13. The molecule has 1 rings (SSSR count). The zero-order chi connectivity index (χ0) is 9.14. The number of aliphatic hydroxyl groups is 1. The second-order valence-electron chi connectivity index (χ2n) is 3.16. The summed E-state index contributed by atoms with van der Waals surface area (Å²) in [5.74, 6) is 0. The monoisotopic (exact) mass is 168 g/mol. The fourth-order valence-corrected chi connectivity index (χ4v) is 1.14. The average Bonchev–Trinajstić information content (AvgIpc) is 2.28. The highest BCUT2D eigenvalue weighted by molar-refractivity contribution is 5.15. The first-order chi connectivity index (χ1) is 5.61. The molecule has 0 aliphatic heterocycles. The first-order valence-electron chi connectivity index (χ1n) is 4.18. The molecule has 0 aliphatic rings. The number of hydrogen-bond acceptors (Lipinski definition) is 2. The van der Waals surface area contributed by atoms with E-state index in [0.717, 1.165) is 11.4 Å². The van der Waals surface area contributed by atoms with Crippen molar-refractivity contribution in [3.8, 4) is 0 Å². The highest BCUT2D eigenvalue weighted by Gasteiger charge is 2.00. The van der Waals surface area contributed by atoms with Gasteiger partial charge in [-0.3, -0.25) is 4.68 Å². The third-order valence-electron chi connectivity index (χ3n) is 1.82. The highest BCUT2D eigenvalue weighted by Crippen LogP contribution is 2.03. The molecule has 0 bridgehead atoms. The van der Waals surface area contributed by atoms with Gasteiger partial charge in [0, 0.05) is 11.4 Å². The summed E-state index contributed by atoms with van der Waals surface area (Å²) in [6, 6.07) is 4.09. The van der Waals surface area contributed by atoms with Crippen molar-refractivity contribution in [2.75, 3.05) is 12.0 Å². The summed E-state index contributed by atoms with van der Waals surface area (Å²) in [6.07, 6.45) is -0.314. The Labute approximate surface area is 73.0 Å². The van der Waals surface area contributed by atoms with E-state index in [9.17, 15) is 0 Å². The third kappa shape index (κ3) is 2.01. The van der Waals surface area contributed by atoms with Crippen LogP contribution in [-0.2, 0) is 0 Å². The van der Waals surface area contributed by atoms with Gasteiger partial charge in [0.2, 0.25) is 0 Å². The number of hydrogen-bond donors (Lipinski definition) is 2. The molecule has 2 N–H and O–H groups in total. The molecule has 0 fully saturated rings. The van der Waals surface area contributed by atoms with E-state index in [-0.39, 0.29) is 6.10 Å². The maximum atomic E-state index is 9.06. The molecule has 3 heteroatoms. The standard InChI is InChI=1S/C9H16N2O/c1-7-4-5-8(2)11(7)10-6-9(3)12/h4-5,9-10,12H,6H2,1-3H3/t9-/m0/s1. The lowest BCUT2D eigenvalue weighted by atomic mass is 10.4. The highest BCUT2D eigenvalue weighted by atomic mass is 16.3. The van der Waals surface area contributed by atoms with Crippen LogP contribution in [0.1, 0.15) is 18.3 Å². The number of nitrogens with one attached hydrogen (secondary N) is 1. The Hall–Kier alpha value is -0.960. The van der Waals surface area contributed by atoms with Gasteiger partial charge in [-0.1, -0.05) is 0 Å². The molecule has 0 saturated heterocycles. The predicted molar refractivity (Wildman–Crippen MR) is 49.8 cm³/mol. The van der Waals surface area contributed by atoms with E-state index in [4.69, 9.17) is 5.11 Å². The van der Waals surface area contributed by atoms with Crippen LogP contribution >= 0.6 is 0 Å². The first kappa shape index (κ1) is 9.13. The normalized spacial score (nSPS) is 13.0. The summed E-state index contributed by atoms with van der Waals surface area (Å²) in [5, 5.41) is 9.06. The van der Waals surface area contributed by atoms with Crippen molar-refractivity contribution in [1.82, 2.24) is 4.68 Å². The molecule has 0 saturated carbocycles. The van der Waals surface area contributed by atoms with Gasteiger partial charge in [-0.2, -0.15) is 0 Å². The summed E-state index contributed by atoms with van der Waals surface area (Å²) in [4.78, 5) is 0. The van der Waals surface area contributed by atoms with E-state index in [1.54, 1.807) is 6.92 Å². The first-order valence-corrected chi connectivity index (χ1v) is 4.18. The number of aryl methyl sites for hydroxylation is 2. The van der Waals surface area contributed by atoms with Crippen molar-refractivity contribution >= 4 is 0 Å². The largest absolute Gasteiger partial charge is 0.392 e. The van der Waals surface area contributed by atoms with Crippen LogP contribution in [0.2, 0.25) is 0 Å². The lowest BCUT2D eigenvalue weighted by molar-refractivity contribution is 0.204. The van der Waals surface area contributed by atoms with E-state index in [1.807, 2.05) is 30.7 Å². The van der Waals surface area contributed by atoms with Gasteiger partial charge in [-0.15, -0.1) is 0 Å². The number of aliphatic hydroxyl groups excluding tert-OH is 1. The third-order valence-corrected chi connectivity index (χ3v) is 1.82. The minimum atomic E-state index is -0.314. The van der Waals surface area contributed by atoms with Gasteiger partial charge in [0.1, 0.15) is 0 Å². The van der Waals surface area contributed by atoms with Gasteiger partial charge < -0.3 is 10.5 Å². The summed E-state index contributed by atoms with van der Waals surface area (Å²) in [5.41, 5.74) is 5.45. The Morgan fingerprint density at radius 3 is 2.33 bits per heavy atom. The van der Waals surface area contributed by atoms with Crippen LogP contribution < -0.4 is 5.43 Å². The van der Waals surface area contributed by atoms with Crippen molar-refractivity contribution in [3.63, 3.8) is 0 Å². The second-order valence-corrected chi connectivity index (χ2v) is 3.16. The predicted octanol–water partition coefficient (Wildman–Crippen LogP) is 1.03. The molecule has 12 heavy (non-hydrogen) atoms. The summed E-state index contributed by atoms with van der Waals surface area (Å²) in [6.45, 7) is 6.40. The summed E-state index contributed by atoms with van der Waals surface area (Å²) in [7, 11) is 0. The van der Waals surface area contributed by atoms with E-state index in [0.29, 0.717) is 6.54 Å². The van der Waals surface area contributed by atoms with Crippen LogP contribution in [0.4, 0.5) is 0 Å². The molecule has 3 nitrogen and oxygen atoms in total. The van der Waals surface area contributed by atoms with E-state index < -0.39 is 0 Å². The molecule has 0 aliphatic carbocycles. The Kier molecular flexibility index (Phi) is 2.76. The van der Waals surface area contributed by atoms with Gasteiger partial charge in [0.15, 0.2) is 0 Å². The maximum Gasteiger partial charge on any atom is 0.0700 e. The van der Waals surface area contributed by atoms with Gasteiger partial charge in [0.25, 0.3) is 0 Å². The van der Waals surface area contributed by atoms with Crippen molar-refractivity contribution < 1.29 is 5.11 Å². The van der Waals surface area contributed by atoms with Crippen LogP contribution in [0.5, 0.6) is 0 Å². The van der Waals surface area contributed by atoms with E-state index in [2.05, 4.69) is 5.43 Å². The molecule has 1 aromatic heterocycles. The van der Waals surface area contributed by atoms with Crippen LogP contribution in [0.25, 0.3) is 0 Å². The van der Waals surface area contributed by atoms with E-state index in [1.165, 1.54) is 0 Å². The summed E-state index contributed by atoms with van der Waals surface area (Å²) < 4.78 is 1.98. The van der Waals surface area contributed by atoms with Crippen molar-refractivity contribution in [2.24, 2.45) is 0 Å². The summed E-state index contributed by atoms with van der Waals surface area (Å²) >= 11 is 0. The number of rotatable bonds is 3. The molecule has 1 atom stereocenters. The van der Waals surface area contributed by atoms with Crippen LogP contribution in [0.15, 0.2) is 12.1 Å². The molecule has 1 heterocycles. The zero-order valence-electron chi connectivity index (χ0n) is 7.83. The smallest absolute Gasteiger partial charge is 0.0700 e. The molecule has 0 spiro atoms. The lowest BCUT2D eigenvalue weighted by Crippen LogP contribution is -2.25. The number of aromatic nitrogens is 1. The van der Waals surface area contributed by atoms with Crippen LogP contribution in [0.3, 0.4) is 0 Å². The van der Waals surface area contributed by atoms with Gasteiger partial charge in [-0.25, -0.2) is 0 Å². The zero-order valence-corrected chi connectivity index (χ0v) is 7.83. The molecular formula is C9H16N2O. The van der Waals surface area contributed by atoms with Crippen molar-refractivity contribution in [1.29, 1.82) is 0 Å². The minimum Gasteiger partial charge on any atom is -0.392 e. The molecular weight excluding hydrogens is 152 g/mol. The van der Waals surface area contributed by atoms with Crippen LogP contribution in [-0.4, -0.2) is 22.4 Å². The van der Waals surface area contributed by atoms with Gasteiger partial charge in [0.05, 0.1) is 12.6 Å². The topological polar surface area (TPSA) is 37.2 Å². The SMILES string of the molecule is Cc1ccc(C)n1NC[C@H](C)O.